The molecule has 2 N–H and O–H groups in total. The number of rotatable bonds is 6. The van der Waals surface area contributed by atoms with Crippen molar-refractivity contribution in [3.05, 3.63) is 35.9 Å². The van der Waals surface area contributed by atoms with Crippen LogP contribution in [-0.4, -0.2) is 53.5 Å². The van der Waals surface area contributed by atoms with E-state index in [9.17, 15) is 9.59 Å². The normalized spacial score (nSPS) is 21.2. The van der Waals surface area contributed by atoms with Crippen LogP contribution in [0.4, 0.5) is 4.79 Å². The van der Waals surface area contributed by atoms with Gasteiger partial charge in [0.25, 0.3) is 0 Å². The van der Waals surface area contributed by atoms with Gasteiger partial charge in [0.1, 0.15) is 6.61 Å². The average molecular weight is 359 g/mol. The molecular weight excluding hydrogens is 330 g/mol. The summed E-state index contributed by atoms with van der Waals surface area (Å²) in [6.45, 7) is 4.11. The number of benzene rings is 1. The highest BCUT2D eigenvalue weighted by molar-refractivity contribution is 5.81. The van der Waals surface area contributed by atoms with Crippen LogP contribution in [0.2, 0.25) is 0 Å². The molecule has 1 saturated carbocycles. The van der Waals surface area contributed by atoms with Crippen molar-refractivity contribution in [1.29, 1.82) is 0 Å². The maximum absolute atomic E-state index is 12.6. The smallest absolute Gasteiger partial charge is 0.410 e. The Morgan fingerprint density at radius 1 is 1.27 bits per heavy atom. The zero-order valence-electron chi connectivity index (χ0n) is 15.5. The van der Waals surface area contributed by atoms with Crippen molar-refractivity contribution in [2.45, 2.75) is 51.3 Å². The van der Waals surface area contributed by atoms with Crippen LogP contribution in [0.25, 0.3) is 0 Å². The molecule has 2 amide bonds. The number of nitrogens with zero attached hydrogens (tertiary/aromatic N) is 2. The van der Waals surface area contributed by atoms with Gasteiger partial charge >= 0.3 is 6.09 Å². The summed E-state index contributed by atoms with van der Waals surface area (Å²) >= 11 is 0. The van der Waals surface area contributed by atoms with Crippen molar-refractivity contribution < 1.29 is 14.3 Å². The molecule has 1 aliphatic carbocycles. The fourth-order valence-electron chi connectivity index (χ4n) is 3.54. The molecule has 1 aromatic carbocycles. The zero-order chi connectivity index (χ0) is 18.5. The van der Waals surface area contributed by atoms with E-state index in [2.05, 4.69) is 0 Å². The van der Waals surface area contributed by atoms with E-state index in [1.54, 1.807) is 6.92 Å². The van der Waals surface area contributed by atoms with Gasteiger partial charge in [0.15, 0.2) is 0 Å². The average Bonchev–Trinajstić information content (AvgIpc) is 3.49. The Kier molecular flexibility index (Phi) is 6.14. The van der Waals surface area contributed by atoms with Crippen LogP contribution in [0.5, 0.6) is 0 Å². The first-order chi connectivity index (χ1) is 12.5. The number of likely N-dealkylation sites (tertiary alicyclic amines) is 1. The van der Waals surface area contributed by atoms with Gasteiger partial charge in [-0.25, -0.2) is 4.79 Å². The van der Waals surface area contributed by atoms with Gasteiger partial charge in [-0.3, -0.25) is 4.79 Å². The van der Waals surface area contributed by atoms with E-state index in [0.717, 1.165) is 37.8 Å². The minimum atomic E-state index is -0.468. The quantitative estimate of drug-likeness (QED) is 0.846. The van der Waals surface area contributed by atoms with Gasteiger partial charge in [-0.1, -0.05) is 30.3 Å². The van der Waals surface area contributed by atoms with Crippen molar-refractivity contribution in [2.75, 3.05) is 19.6 Å². The molecule has 0 radical (unpaired) electrons. The van der Waals surface area contributed by atoms with E-state index in [-0.39, 0.29) is 24.0 Å². The number of ether oxygens (including phenoxy) is 1. The second kappa shape index (κ2) is 8.54. The Morgan fingerprint density at radius 2 is 2.00 bits per heavy atom. The van der Waals surface area contributed by atoms with Crippen molar-refractivity contribution in [3.8, 4) is 0 Å². The predicted octanol–water partition coefficient (Wildman–Crippen LogP) is 2.37. The lowest BCUT2D eigenvalue weighted by atomic mass is 9.97. The molecule has 3 rings (SSSR count). The number of hydrogen-bond donors (Lipinski definition) is 1. The predicted molar refractivity (Wildman–Crippen MR) is 99.3 cm³/mol. The van der Waals surface area contributed by atoms with E-state index in [1.807, 2.05) is 40.1 Å². The molecule has 1 aromatic rings. The van der Waals surface area contributed by atoms with Crippen molar-refractivity contribution in [1.82, 2.24) is 9.80 Å². The minimum absolute atomic E-state index is 0.000624. The zero-order valence-corrected chi connectivity index (χ0v) is 15.5. The lowest BCUT2D eigenvalue weighted by Gasteiger charge is -2.36. The molecule has 6 nitrogen and oxygen atoms in total. The van der Waals surface area contributed by atoms with E-state index in [4.69, 9.17) is 10.5 Å². The molecule has 1 heterocycles. The lowest BCUT2D eigenvalue weighted by Crippen LogP contribution is -2.49. The summed E-state index contributed by atoms with van der Waals surface area (Å²) in [6.07, 6.45) is 3.82. The Balaban J connectivity index is 1.54. The second-order valence-corrected chi connectivity index (χ2v) is 7.50. The number of hydrogen-bond acceptors (Lipinski definition) is 4. The molecule has 142 valence electrons. The number of carbonyl (C=O) groups is 2. The first-order valence-electron chi connectivity index (χ1n) is 9.56. The number of amides is 2. The van der Waals surface area contributed by atoms with E-state index in [1.165, 1.54) is 0 Å². The number of piperidine rings is 1. The van der Waals surface area contributed by atoms with Crippen LogP contribution in [0.15, 0.2) is 30.3 Å². The Hall–Kier alpha value is -2.08. The standard InChI is InChI=1S/C20H29N3O3/c1-15(21)19(24)22-11-5-8-17(12-22)13-23(18-9-10-18)20(25)26-14-16-6-3-2-4-7-16/h2-4,6-7,15,17-18H,5,8-14,21H2,1H3/t15-,17+/m0/s1. The highest BCUT2D eigenvalue weighted by atomic mass is 16.6. The molecule has 26 heavy (non-hydrogen) atoms. The maximum Gasteiger partial charge on any atom is 0.410 e. The van der Waals surface area contributed by atoms with Crippen LogP contribution in [0.1, 0.15) is 38.2 Å². The van der Waals surface area contributed by atoms with Gasteiger partial charge < -0.3 is 20.3 Å². The Bertz CT molecular complexity index is 616. The summed E-state index contributed by atoms with van der Waals surface area (Å²) < 4.78 is 5.53. The monoisotopic (exact) mass is 359 g/mol. The Morgan fingerprint density at radius 3 is 2.65 bits per heavy atom. The van der Waals surface area contributed by atoms with Crippen LogP contribution < -0.4 is 5.73 Å². The fourth-order valence-corrected chi connectivity index (χ4v) is 3.54. The van der Waals surface area contributed by atoms with E-state index in [0.29, 0.717) is 19.7 Å². The molecule has 1 saturated heterocycles. The lowest BCUT2D eigenvalue weighted by molar-refractivity contribution is -0.134. The second-order valence-electron chi connectivity index (χ2n) is 7.50. The minimum Gasteiger partial charge on any atom is -0.445 e. The summed E-state index contributed by atoms with van der Waals surface area (Å²) in [5.41, 5.74) is 6.73. The van der Waals surface area contributed by atoms with Crippen molar-refractivity contribution in [2.24, 2.45) is 11.7 Å². The summed E-state index contributed by atoms with van der Waals surface area (Å²) in [5, 5.41) is 0. The third-order valence-corrected chi connectivity index (χ3v) is 5.10. The molecule has 2 aliphatic rings. The molecule has 6 heteroatoms. The van der Waals surface area contributed by atoms with Gasteiger partial charge in [0, 0.05) is 25.7 Å². The van der Waals surface area contributed by atoms with Gasteiger partial charge in [-0.2, -0.15) is 0 Å². The molecular formula is C20H29N3O3. The summed E-state index contributed by atoms with van der Waals surface area (Å²) in [7, 11) is 0. The van der Waals surface area contributed by atoms with Crippen molar-refractivity contribution >= 4 is 12.0 Å². The molecule has 2 fully saturated rings. The highest BCUT2D eigenvalue weighted by Gasteiger charge is 2.36. The third kappa shape index (κ3) is 4.97. The summed E-state index contributed by atoms with van der Waals surface area (Å²) in [5.74, 6) is 0.288. The molecule has 0 spiro atoms. The van der Waals surface area contributed by atoms with Gasteiger partial charge in [-0.05, 0) is 44.1 Å². The highest BCUT2D eigenvalue weighted by Crippen LogP contribution is 2.30. The van der Waals surface area contributed by atoms with Crippen molar-refractivity contribution in [3.63, 3.8) is 0 Å². The fraction of sp³-hybridized carbons (Fsp3) is 0.600. The van der Waals surface area contributed by atoms with Crippen LogP contribution in [0.3, 0.4) is 0 Å². The molecule has 0 unspecified atom stereocenters. The Labute approximate surface area is 155 Å². The summed E-state index contributed by atoms with van der Waals surface area (Å²) in [6, 6.07) is 9.55. The SMILES string of the molecule is C[C@H](N)C(=O)N1CCC[C@@H](CN(C(=O)OCc2ccccc2)C2CC2)C1. The molecule has 1 aliphatic heterocycles. The van der Waals surface area contributed by atoms with Gasteiger partial charge in [0.2, 0.25) is 5.91 Å². The molecule has 2 atom stereocenters. The van der Waals surface area contributed by atoms with E-state index < -0.39 is 6.04 Å². The topological polar surface area (TPSA) is 75.9 Å². The number of carbonyl (C=O) groups excluding carboxylic acids is 2. The molecule has 0 aromatic heterocycles. The first kappa shape index (κ1) is 18.7. The third-order valence-electron chi connectivity index (χ3n) is 5.10. The van der Waals surface area contributed by atoms with E-state index >= 15 is 0 Å². The van der Waals surface area contributed by atoms with Gasteiger partial charge in [-0.15, -0.1) is 0 Å². The summed E-state index contributed by atoms with van der Waals surface area (Å²) in [4.78, 5) is 28.5. The van der Waals surface area contributed by atoms with Crippen LogP contribution in [-0.2, 0) is 16.1 Å². The molecule has 0 bridgehead atoms. The van der Waals surface area contributed by atoms with Crippen LogP contribution in [0, 0.1) is 5.92 Å². The first-order valence-corrected chi connectivity index (χ1v) is 9.56. The largest absolute Gasteiger partial charge is 0.445 e. The number of nitrogens with two attached hydrogens (primary N) is 1. The van der Waals surface area contributed by atoms with Crippen LogP contribution >= 0.6 is 0 Å². The van der Waals surface area contributed by atoms with Gasteiger partial charge in [0.05, 0.1) is 6.04 Å². The maximum atomic E-state index is 12.6.